The summed E-state index contributed by atoms with van der Waals surface area (Å²) in [5.41, 5.74) is -5.27. The molecule has 0 unspecified atom stereocenters. The Labute approximate surface area is 171 Å². The van der Waals surface area contributed by atoms with E-state index in [0.717, 1.165) is 0 Å². The van der Waals surface area contributed by atoms with Crippen LogP contribution in [0.1, 0.15) is 44.9 Å². The first-order chi connectivity index (χ1) is 13.3. The van der Waals surface area contributed by atoms with Crippen LogP contribution in [0.15, 0.2) is 0 Å². The molecule has 0 fully saturated rings. The van der Waals surface area contributed by atoms with E-state index in [0.29, 0.717) is 19.4 Å². The van der Waals surface area contributed by atoms with Crippen molar-refractivity contribution in [2.45, 2.75) is 63.0 Å². The van der Waals surface area contributed by atoms with Gasteiger partial charge in [0.25, 0.3) is 5.67 Å². The maximum absolute atomic E-state index is 13.4. The fourth-order valence-corrected chi connectivity index (χ4v) is 4.37. The molecule has 0 aromatic carbocycles. The highest BCUT2D eigenvalue weighted by Gasteiger charge is 2.71. The fourth-order valence-electron chi connectivity index (χ4n) is 2.88. The van der Waals surface area contributed by atoms with Gasteiger partial charge in [-0.25, -0.2) is 12.8 Å². The molecular formula is C17H28F7NO4S. The molecule has 0 rings (SSSR count). The number of carboxylic acid groups (broad SMARTS) is 1. The number of carbonyl (C=O) groups excluding carboxylic acids is 1. The molecular weight excluding hydrogens is 447 g/mol. The largest absolute Gasteiger partial charge is 0.544 e. The summed E-state index contributed by atoms with van der Waals surface area (Å²) in [4.78, 5) is 10.6. The van der Waals surface area contributed by atoms with Crippen molar-refractivity contribution in [2.75, 3.05) is 38.7 Å². The zero-order valence-corrected chi connectivity index (χ0v) is 17.7. The summed E-state index contributed by atoms with van der Waals surface area (Å²) in [5, 5.41) is 10.6. The van der Waals surface area contributed by atoms with Crippen LogP contribution in [0.2, 0.25) is 0 Å². The van der Waals surface area contributed by atoms with Gasteiger partial charge in [0.15, 0.2) is 0 Å². The average molecular weight is 475 g/mol. The quantitative estimate of drug-likeness (QED) is 0.220. The molecule has 0 spiro atoms. The third kappa shape index (κ3) is 10.3. The van der Waals surface area contributed by atoms with E-state index < -0.39 is 46.7 Å². The van der Waals surface area contributed by atoms with E-state index in [1.165, 1.54) is 0 Å². The molecule has 0 N–H and O–H groups in total. The Kier molecular flexibility index (Phi) is 10.6. The lowest BCUT2D eigenvalue weighted by Crippen LogP contribution is -2.53. The third-order valence-corrected chi connectivity index (χ3v) is 6.47. The lowest BCUT2D eigenvalue weighted by atomic mass is 9.96. The van der Waals surface area contributed by atoms with Crippen LogP contribution in [-0.2, 0) is 14.6 Å². The fraction of sp³-hybridized carbons (Fsp3) is 0.941. The molecule has 30 heavy (non-hydrogen) atoms. The third-order valence-electron chi connectivity index (χ3n) is 4.65. The van der Waals surface area contributed by atoms with E-state index in [-0.39, 0.29) is 41.8 Å². The zero-order valence-electron chi connectivity index (χ0n) is 16.9. The molecule has 0 aliphatic heterocycles. The topological polar surface area (TPSA) is 74.3 Å². The van der Waals surface area contributed by atoms with Gasteiger partial charge in [-0.1, -0.05) is 12.8 Å². The standard InChI is InChI=1S/C17H28F7NO4S/c1-25(2,13-14(26)27)10-6-8-12-30(28,29)11-7-4-3-5-9-15(18,16(19,20)21)17(22,23)24/h3-13H2,1-2H3. The van der Waals surface area contributed by atoms with Crippen molar-refractivity contribution in [1.82, 2.24) is 0 Å². The Morgan fingerprint density at radius 2 is 1.23 bits per heavy atom. The van der Waals surface area contributed by atoms with Crippen LogP contribution in [0.4, 0.5) is 30.7 Å². The number of carboxylic acids is 1. The van der Waals surface area contributed by atoms with Crippen LogP contribution in [0, 0.1) is 0 Å². The molecule has 180 valence electrons. The van der Waals surface area contributed by atoms with E-state index in [9.17, 15) is 49.1 Å². The summed E-state index contributed by atoms with van der Waals surface area (Å²) >= 11 is 0. The monoisotopic (exact) mass is 475 g/mol. The van der Waals surface area contributed by atoms with Crippen molar-refractivity contribution in [2.24, 2.45) is 0 Å². The second kappa shape index (κ2) is 11.0. The summed E-state index contributed by atoms with van der Waals surface area (Å²) in [7, 11) is -0.133. The van der Waals surface area contributed by atoms with Gasteiger partial charge in [0, 0.05) is 0 Å². The molecule has 0 bridgehead atoms. The lowest BCUT2D eigenvalue weighted by Gasteiger charge is -2.30. The number of quaternary nitrogens is 1. The molecule has 0 aromatic rings. The van der Waals surface area contributed by atoms with Crippen LogP contribution in [0.5, 0.6) is 0 Å². The molecule has 0 aliphatic rings. The Morgan fingerprint density at radius 3 is 1.67 bits per heavy atom. The molecule has 0 amide bonds. The predicted octanol–water partition coefficient (Wildman–Crippen LogP) is 2.79. The first-order valence-corrected chi connectivity index (χ1v) is 11.2. The summed E-state index contributed by atoms with van der Waals surface area (Å²) in [6.45, 7) is 0.211. The van der Waals surface area contributed by atoms with Crippen molar-refractivity contribution in [3.8, 4) is 0 Å². The maximum Gasteiger partial charge on any atom is 0.431 e. The van der Waals surface area contributed by atoms with Crippen LogP contribution in [0.3, 0.4) is 0 Å². The molecule has 0 saturated heterocycles. The van der Waals surface area contributed by atoms with E-state index in [1.54, 1.807) is 14.1 Å². The maximum atomic E-state index is 13.4. The number of hydrogen-bond donors (Lipinski definition) is 0. The van der Waals surface area contributed by atoms with Crippen LogP contribution in [0.25, 0.3) is 0 Å². The number of carbonyl (C=O) groups is 1. The predicted molar refractivity (Wildman–Crippen MR) is 93.8 cm³/mol. The molecule has 0 aliphatic carbocycles. The van der Waals surface area contributed by atoms with Gasteiger partial charge in [0.05, 0.1) is 38.1 Å². The number of alkyl halides is 7. The van der Waals surface area contributed by atoms with Gasteiger partial charge in [-0.2, -0.15) is 26.3 Å². The Hall–Kier alpha value is -1.11. The number of unbranched alkanes of at least 4 members (excludes halogenated alkanes) is 4. The number of rotatable bonds is 14. The second-order valence-electron chi connectivity index (χ2n) is 8.01. The molecule has 0 aromatic heterocycles. The minimum absolute atomic E-state index is 0.0475. The summed E-state index contributed by atoms with van der Waals surface area (Å²) in [6, 6.07) is 0. The van der Waals surface area contributed by atoms with Crippen molar-refractivity contribution in [1.29, 1.82) is 0 Å². The highest BCUT2D eigenvalue weighted by Crippen LogP contribution is 2.49. The molecule has 0 heterocycles. The van der Waals surface area contributed by atoms with Crippen LogP contribution >= 0.6 is 0 Å². The Balaban J connectivity index is 4.22. The molecule has 0 atom stereocenters. The van der Waals surface area contributed by atoms with Gasteiger partial charge in [-0.15, -0.1) is 0 Å². The molecule has 5 nitrogen and oxygen atoms in total. The minimum atomic E-state index is -6.07. The Morgan fingerprint density at radius 1 is 0.800 bits per heavy atom. The van der Waals surface area contributed by atoms with E-state index in [4.69, 9.17) is 0 Å². The molecule has 13 heteroatoms. The number of nitrogens with zero attached hydrogens (tertiary/aromatic N) is 1. The van der Waals surface area contributed by atoms with Crippen LogP contribution < -0.4 is 5.11 Å². The number of hydrogen-bond acceptors (Lipinski definition) is 4. The zero-order chi connectivity index (χ0) is 23.9. The smallest absolute Gasteiger partial charge is 0.431 e. The Bertz CT molecular complexity index is 631. The molecule has 0 saturated carbocycles. The minimum Gasteiger partial charge on any atom is -0.544 e. The summed E-state index contributed by atoms with van der Waals surface area (Å²) in [6.07, 6.45) is -13.9. The van der Waals surface area contributed by atoms with E-state index >= 15 is 0 Å². The molecule has 0 radical (unpaired) electrons. The van der Waals surface area contributed by atoms with E-state index in [2.05, 4.69) is 0 Å². The second-order valence-corrected chi connectivity index (χ2v) is 10.3. The number of sulfone groups is 1. The van der Waals surface area contributed by atoms with Gasteiger partial charge >= 0.3 is 12.4 Å². The van der Waals surface area contributed by atoms with Gasteiger partial charge in [-0.05, 0) is 32.1 Å². The number of halogens is 7. The van der Waals surface area contributed by atoms with Gasteiger partial charge < -0.3 is 14.4 Å². The van der Waals surface area contributed by atoms with Crippen molar-refractivity contribution in [3.05, 3.63) is 0 Å². The first kappa shape index (κ1) is 28.9. The summed E-state index contributed by atoms with van der Waals surface area (Å²) < 4.78 is 112. The van der Waals surface area contributed by atoms with Crippen molar-refractivity contribution in [3.63, 3.8) is 0 Å². The lowest BCUT2D eigenvalue weighted by molar-refractivity contribution is -0.885. The van der Waals surface area contributed by atoms with Crippen molar-refractivity contribution >= 4 is 15.8 Å². The van der Waals surface area contributed by atoms with Crippen molar-refractivity contribution < 1.29 is 53.5 Å². The SMILES string of the molecule is C[N+](C)(CCCCS(=O)(=O)CCCCCCC(F)(C(F)(F)F)C(F)(F)F)CC(=O)[O-]. The number of likely N-dealkylation sites (N-methyl/N-ethyl adjacent to an activating group) is 1. The highest BCUT2D eigenvalue weighted by atomic mass is 32.2. The van der Waals surface area contributed by atoms with E-state index in [1.807, 2.05) is 0 Å². The van der Waals surface area contributed by atoms with Crippen LogP contribution in [-0.4, -0.2) is 75.6 Å². The number of aliphatic carboxylic acids is 1. The van der Waals surface area contributed by atoms with Gasteiger partial charge in [-0.3, -0.25) is 0 Å². The van der Waals surface area contributed by atoms with Gasteiger partial charge in [0.2, 0.25) is 0 Å². The average Bonchev–Trinajstić information content (AvgIpc) is 2.51. The first-order valence-electron chi connectivity index (χ1n) is 9.38. The van der Waals surface area contributed by atoms with Gasteiger partial charge in [0.1, 0.15) is 16.4 Å². The summed E-state index contributed by atoms with van der Waals surface area (Å²) in [5.74, 6) is -1.65. The normalized spacial score (nSPS) is 14.2. The highest BCUT2D eigenvalue weighted by molar-refractivity contribution is 7.91.